The van der Waals surface area contributed by atoms with Crippen LogP contribution in [0.25, 0.3) is 0 Å². The van der Waals surface area contributed by atoms with Gasteiger partial charge in [0.25, 0.3) is 11.8 Å². The van der Waals surface area contributed by atoms with Gasteiger partial charge in [-0.2, -0.15) is 0 Å². The second-order valence-corrected chi connectivity index (χ2v) is 14.5. The Morgan fingerprint density at radius 2 is 1.43 bits per heavy atom. The zero-order chi connectivity index (χ0) is 45.2. The third-order valence-corrected chi connectivity index (χ3v) is 9.61. The minimum atomic E-state index is -1.89. The summed E-state index contributed by atoms with van der Waals surface area (Å²) in [5, 5.41) is 57.5. The van der Waals surface area contributed by atoms with E-state index in [1.54, 1.807) is 30.3 Å². The van der Waals surface area contributed by atoms with Crippen LogP contribution in [-0.4, -0.2) is 161 Å². The number of amides is 7. The van der Waals surface area contributed by atoms with Crippen LogP contribution in [0.1, 0.15) is 51.0 Å². The minimum Gasteiger partial charge on any atom is -0.481 e. The minimum absolute atomic E-state index is 0.0377. The van der Waals surface area contributed by atoms with E-state index in [0.29, 0.717) is 5.56 Å². The number of rotatable bonds is 17. The van der Waals surface area contributed by atoms with Crippen molar-refractivity contribution in [1.29, 1.82) is 0 Å². The van der Waals surface area contributed by atoms with Gasteiger partial charge in [-0.15, -0.1) is 0 Å². The zero-order valence-corrected chi connectivity index (χ0v) is 33.4. The lowest BCUT2D eigenvalue weighted by Crippen LogP contribution is -2.63. The maximum absolute atomic E-state index is 13.9. The number of carbonyl (C=O) groups excluding carboxylic acids is 7. The molecule has 3 rings (SSSR count). The Labute approximate surface area is 349 Å². The summed E-state index contributed by atoms with van der Waals surface area (Å²) >= 11 is 0. The number of hydrogen-bond donors (Lipinski definition) is 13. The molecule has 61 heavy (non-hydrogen) atoms. The largest absolute Gasteiger partial charge is 0.481 e. The fraction of sp³-hybridized carbons (Fsp3) is 0.595. The quantitative estimate of drug-likeness (QED) is 0.0395. The molecule has 0 aromatic heterocycles. The van der Waals surface area contributed by atoms with Crippen LogP contribution in [0.15, 0.2) is 35.3 Å². The highest BCUT2D eigenvalue weighted by Gasteiger charge is 2.46. The molecule has 15 N–H and O–H groups in total. The predicted molar refractivity (Wildman–Crippen MR) is 210 cm³/mol. The van der Waals surface area contributed by atoms with Crippen LogP contribution >= 0.6 is 0 Å². The van der Waals surface area contributed by atoms with Crippen LogP contribution < -0.4 is 48.7 Å². The van der Waals surface area contributed by atoms with Crippen molar-refractivity contribution in [2.45, 2.75) is 113 Å². The second kappa shape index (κ2) is 24.3. The number of aliphatic carboxylic acids is 1. The molecular formula is C37H55FN10O13. The van der Waals surface area contributed by atoms with Crippen molar-refractivity contribution in [2.75, 3.05) is 26.2 Å². The van der Waals surface area contributed by atoms with Crippen molar-refractivity contribution >= 4 is 53.3 Å². The number of nitrogens with zero attached hydrogens (tertiary/aromatic N) is 1. The van der Waals surface area contributed by atoms with Gasteiger partial charge in [0.1, 0.15) is 48.6 Å². The number of aliphatic hydroxyl groups is 3. The second-order valence-electron chi connectivity index (χ2n) is 14.5. The lowest BCUT2D eigenvalue weighted by atomic mass is 9.94. The van der Waals surface area contributed by atoms with E-state index < -0.39 is 128 Å². The zero-order valence-electron chi connectivity index (χ0n) is 33.4. The van der Waals surface area contributed by atoms with Crippen LogP contribution in [0, 0.1) is 0 Å². The number of guanidine groups is 1. The molecule has 0 radical (unpaired) electrons. The molecule has 2 fully saturated rings. The predicted octanol–water partition coefficient (Wildman–Crippen LogP) is -5.56. The normalized spacial score (nSPS) is 27.0. The van der Waals surface area contributed by atoms with E-state index >= 15 is 0 Å². The molecule has 1 unspecified atom stereocenters. The fourth-order valence-corrected chi connectivity index (χ4v) is 6.30. The Morgan fingerprint density at radius 1 is 0.820 bits per heavy atom. The molecular weight excluding hydrogens is 810 g/mol. The first-order chi connectivity index (χ1) is 28.9. The van der Waals surface area contributed by atoms with Crippen LogP contribution in [0.4, 0.5) is 4.39 Å². The Morgan fingerprint density at radius 3 is 2.07 bits per heavy atom. The van der Waals surface area contributed by atoms with Crippen molar-refractivity contribution in [1.82, 2.24) is 37.2 Å². The summed E-state index contributed by atoms with van der Waals surface area (Å²) in [6.45, 7) is -0.239. The molecule has 0 aliphatic carbocycles. The van der Waals surface area contributed by atoms with E-state index in [0.717, 1.165) is 6.92 Å². The maximum atomic E-state index is 13.9. The number of ether oxygens (including phenoxy) is 1. The third kappa shape index (κ3) is 16.2. The van der Waals surface area contributed by atoms with E-state index in [1.165, 1.54) is 0 Å². The van der Waals surface area contributed by atoms with Crippen LogP contribution in [-0.2, 0) is 49.5 Å². The van der Waals surface area contributed by atoms with Gasteiger partial charge in [-0.3, -0.25) is 43.3 Å². The van der Waals surface area contributed by atoms with E-state index in [-0.39, 0.29) is 57.6 Å². The molecule has 2 aliphatic rings. The number of nitrogens with one attached hydrogen (secondary N) is 7. The first-order valence-corrected chi connectivity index (χ1v) is 19.6. The molecule has 24 heteroatoms. The molecule has 1 aromatic carbocycles. The van der Waals surface area contributed by atoms with Gasteiger partial charge in [-0.25, -0.2) is 4.39 Å². The van der Waals surface area contributed by atoms with Crippen molar-refractivity contribution < 1.29 is 67.9 Å². The topological polar surface area (TPSA) is 375 Å². The Hall–Kier alpha value is -5.98. The molecule has 7 amide bonds. The number of unbranched alkanes of at least 4 members (excludes halogenated alkanes) is 1. The fourth-order valence-electron chi connectivity index (χ4n) is 6.30. The summed E-state index contributed by atoms with van der Waals surface area (Å²) in [6, 6.07) is 2.70. The van der Waals surface area contributed by atoms with E-state index in [2.05, 4.69) is 42.2 Å². The number of aliphatic hydroxyl groups excluding tert-OH is 3. The molecule has 2 aliphatic heterocycles. The smallest absolute Gasteiger partial charge is 0.305 e. The van der Waals surface area contributed by atoms with Gasteiger partial charge in [0.2, 0.25) is 29.5 Å². The Balaban J connectivity index is 1.82. The van der Waals surface area contributed by atoms with Gasteiger partial charge in [0.15, 0.2) is 18.2 Å². The number of alkyl halides is 1. The average molecular weight is 866 g/mol. The van der Waals surface area contributed by atoms with E-state index in [4.69, 9.17) is 16.2 Å². The lowest BCUT2D eigenvalue weighted by molar-refractivity contribution is -0.219. The Bertz CT molecular complexity index is 1740. The third-order valence-electron chi connectivity index (χ3n) is 9.61. The van der Waals surface area contributed by atoms with Gasteiger partial charge in [-0.05, 0) is 44.6 Å². The van der Waals surface area contributed by atoms with Crippen molar-refractivity contribution in [3.63, 3.8) is 0 Å². The highest BCUT2D eigenvalue weighted by atomic mass is 18.2. The number of aliphatic imine (C=N–C) groups is 1. The van der Waals surface area contributed by atoms with Gasteiger partial charge in [0.05, 0.1) is 13.0 Å². The number of carboxylic acid groups (broad SMARTS) is 1. The molecule has 2 heterocycles. The van der Waals surface area contributed by atoms with Crippen LogP contribution in [0.3, 0.4) is 0 Å². The summed E-state index contributed by atoms with van der Waals surface area (Å²) in [4.78, 5) is 108. The summed E-state index contributed by atoms with van der Waals surface area (Å²) < 4.78 is 18.8. The maximum Gasteiger partial charge on any atom is 0.305 e. The average Bonchev–Trinajstić information content (AvgIpc) is 3.21. The number of benzene rings is 1. The highest BCUT2D eigenvalue weighted by molar-refractivity contribution is 5.98. The molecule has 1 aromatic rings. The number of halogens is 1. The van der Waals surface area contributed by atoms with E-state index in [1.807, 2.05) is 0 Å². The molecule has 23 nitrogen and oxygen atoms in total. The molecule has 0 saturated carbocycles. The summed E-state index contributed by atoms with van der Waals surface area (Å²) in [6.07, 6.45) is -11.1. The van der Waals surface area contributed by atoms with Crippen molar-refractivity contribution in [3.05, 3.63) is 35.9 Å². The van der Waals surface area contributed by atoms with Crippen molar-refractivity contribution in [3.8, 4) is 0 Å². The monoisotopic (exact) mass is 865 g/mol. The van der Waals surface area contributed by atoms with Crippen LogP contribution in [0.2, 0.25) is 0 Å². The van der Waals surface area contributed by atoms with Crippen molar-refractivity contribution in [2.24, 2.45) is 16.5 Å². The van der Waals surface area contributed by atoms with E-state index in [9.17, 15) is 63.2 Å². The van der Waals surface area contributed by atoms with Gasteiger partial charge in [0, 0.05) is 26.1 Å². The number of carboxylic acids is 1. The molecule has 0 bridgehead atoms. The lowest BCUT2D eigenvalue weighted by Gasteiger charge is -2.40. The first kappa shape index (κ1) is 49.4. The molecule has 338 valence electrons. The number of carbonyl (C=O) groups is 8. The summed E-state index contributed by atoms with van der Waals surface area (Å²) in [7, 11) is 0. The molecule has 2 saturated heterocycles. The molecule has 10 atom stereocenters. The Kier molecular flexibility index (Phi) is 19.7. The summed E-state index contributed by atoms with van der Waals surface area (Å²) in [5.74, 6) is -8.09. The standard InChI is InChI=1S/C37H55FN10O13/c1-18(38)31(55)43-16-24-27(52)28(53)29(54)30(61-24)36(60)41-12-6-5-10-21-33(57)46-20(11-7-13-42-37(39)40)32(56)44-17-25(49)45-23(15-26(50)51)35(59)48-22(34(58)47-21)14-19-8-3-2-4-9-19/h2-4,8-9,18,20-24,27-30,52-54H,5-7,10-17H2,1H3,(H,41,60)(H,43,55)(H,44,56)(H,45,49)(H,46,57)(H,47,58)(H,48,59)(H,50,51)(H4,39,40,42)/t18?,20-,21-,22+,23-,24-,27-,28+,29+,30-/m0/s1/i38-1. The van der Waals surface area contributed by atoms with Gasteiger partial charge in [-0.1, -0.05) is 30.3 Å². The number of hydrogen-bond acceptors (Lipinski definition) is 13. The SMILES string of the molecule is CC([18F])C(=O)NC[C@@H]1O[C@H](C(=O)NCCCC[C@@H]2NC(=O)[C@@H](Cc3ccccc3)NC(=O)[C@H](CC(=O)O)NC(=O)CNC(=O)[C@H](CCCN=C(N)N)NC2=O)[C@H](O)[C@H](O)[C@H]1O. The molecule has 0 spiro atoms. The first-order valence-electron chi connectivity index (χ1n) is 19.6. The summed E-state index contributed by atoms with van der Waals surface area (Å²) in [5.41, 5.74) is 11.4. The van der Waals surface area contributed by atoms with Gasteiger partial charge < -0.3 is 73.8 Å². The van der Waals surface area contributed by atoms with Crippen LogP contribution in [0.5, 0.6) is 0 Å². The number of nitrogens with two attached hydrogens (primary N) is 2. The van der Waals surface area contributed by atoms with Gasteiger partial charge >= 0.3 is 5.97 Å². The highest BCUT2D eigenvalue weighted by Crippen LogP contribution is 2.21.